The number of hydrogen-bond acceptors (Lipinski definition) is 3. The first-order chi connectivity index (χ1) is 10.7. The number of amides is 2. The molecule has 0 aliphatic heterocycles. The van der Waals surface area contributed by atoms with E-state index in [0.29, 0.717) is 9.88 Å². The predicted molar refractivity (Wildman–Crippen MR) is 96.3 cm³/mol. The van der Waals surface area contributed by atoms with Crippen molar-refractivity contribution in [2.45, 2.75) is 27.7 Å². The SMILES string of the molecule is Cc1cc(NC(=O)C(C)(C)C)sc1C(=O)N(C)c1ccccc1. The molecule has 0 radical (unpaired) electrons. The van der Waals surface area contributed by atoms with Crippen LogP contribution in [-0.2, 0) is 4.79 Å². The fraction of sp³-hybridized carbons (Fsp3) is 0.333. The van der Waals surface area contributed by atoms with Gasteiger partial charge in [-0.2, -0.15) is 0 Å². The lowest BCUT2D eigenvalue weighted by molar-refractivity contribution is -0.123. The van der Waals surface area contributed by atoms with Crippen LogP contribution in [0.4, 0.5) is 10.7 Å². The largest absolute Gasteiger partial charge is 0.317 e. The van der Waals surface area contributed by atoms with Gasteiger partial charge >= 0.3 is 0 Å². The maximum atomic E-state index is 12.7. The second-order valence-electron chi connectivity index (χ2n) is 6.53. The Morgan fingerprint density at radius 2 is 1.74 bits per heavy atom. The van der Waals surface area contributed by atoms with E-state index in [0.717, 1.165) is 11.3 Å². The van der Waals surface area contributed by atoms with Gasteiger partial charge in [-0.1, -0.05) is 39.0 Å². The molecule has 0 aliphatic rings. The number of hydrogen-bond donors (Lipinski definition) is 1. The average molecular weight is 330 g/mol. The Balaban J connectivity index is 2.21. The molecule has 2 amide bonds. The minimum Gasteiger partial charge on any atom is -0.317 e. The van der Waals surface area contributed by atoms with Gasteiger partial charge in [0, 0.05) is 18.2 Å². The van der Waals surface area contributed by atoms with Gasteiger partial charge < -0.3 is 10.2 Å². The molecule has 1 aromatic heterocycles. The molecule has 2 rings (SSSR count). The standard InChI is InChI=1S/C18H22N2O2S/c1-12-11-14(19-17(22)18(2,3)4)23-15(12)16(21)20(5)13-9-7-6-8-10-13/h6-11H,1-5H3,(H,19,22). The minimum absolute atomic E-state index is 0.0610. The molecule has 1 heterocycles. The Kier molecular flexibility index (Phi) is 4.90. The Labute approximate surface area is 141 Å². The van der Waals surface area contributed by atoms with Crippen LogP contribution in [0.25, 0.3) is 0 Å². The topological polar surface area (TPSA) is 49.4 Å². The molecular formula is C18H22N2O2S. The quantitative estimate of drug-likeness (QED) is 0.911. The van der Waals surface area contributed by atoms with Crippen LogP contribution in [0.5, 0.6) is 0 Å². The Morgan fingerprint density at radius 3 is 2.30 bits per heavy atom. The second kappa shape index (κ2) is 6.54. The predicted octanol–water partition coefficient (Wildman–Crippen LogP) is 4.32. The molecule has 0 saturated heterocycles. The monoisotopic (exact) mass is 330 g/mol. The van der Waals surface area contributed by atoms with Crippen molar-refractivity contribution in [1.29, 1.82) is 0 Å². The van der Waals surface area contributed by atoms with Gasteiger partial charge in [0.05, 0.1) is 9.88 Å². The van der Waals surface area contributed by atoms with Crippen LogP contribution in [-0.4, -0.2) is 18.9 Å². The second-order valence-corrected chi connectivity index (χ2v) is 7.58. The van der Waals surface area contributed by atoms with Gasteiger partial charge in [0.25, 0.3) is 5.91 Å². The molecule has 0 bridgehead atoms. The van der Waals surface area contributed by atoms with E-state index in [1.807, 2.05) is 64.1 Å². The third-order valence-electron chi connectivity index (χ3n) is 3.48. The highest BCUT2D eigenvalue weighted by molar-refractivity contribution is 7.18. The van der Waals surface area contributed by atoms with Gasteiger partial charge in [-0.3, -0.25) is 9.59 Å². The van der Waals surface area contributed by atoms with E-state index in [1.165, 1.54) is 11.3 Å². The Bertz CT molecular complexity index is 714. The van der Waals surface area contributed by atoms with Gasteiger partial charge in [0.2, 0.25) is 5.91 Å². The zero-order valence-electron chi connectivity index (χ0n) is 14.1. The number of carbonyl (C=O) groups excluding carboxylic acids is 2. The van der Waals surface area contributed by atoms with Crippen molar-refractivity contribution >= 4 is 33.8 Å². The molecular weight excluding hydrogens is 308 g/mol. The van der Waals surface area contributed by atoms with E-state index in [1.54, 1.807) is 11.9 Å². The van der Waals surface area contributed by atoms with Gasteiger partial charge in [-0.05, 0) is 30.7 Å². The maximum Gasteiger partial charge on any atom is 0.268 e. The van der Waals surface area contributed by atoms with E-state index in [-0.39, 0.29) is 11.8 Å². The Hall–Kier alpha value is -2.14. The number of rotatable bonds is 3. The molecule has 1 aromatic carbocycles. The number of nitrogens with one attached hydrogen (secondary N) is 1. The number of carbonyl (C=O) groups is 2. The first kappa shape index (κ1) is 17.2. The van der Waals surface area contributed by atoms with Crippen LogP contribution in [0.2, 0.25) is 0 Å². The van der Waals surface area contributed by atoms with E-state index in [9.17, 15) is 9.59 Å². The summed E-state index contributed by atoms with van der Waals surface area (Å²) in [7, 11) is 1.75. The van der Waals surface area contributed by atoms with E-state index < -0.39 is 5.41 Å². The van der Waals surface area contributed by atoms with Crippen molar-refractivity contribution < 1.29 is 9.59 Å². The van der Waals surface area contributed by atoms with Crippen molar-refractivity contribution in [3.63, 3.8) is 0 Å². The molecule has 0 fully saturated rings. The number of aryl methyl sites for hydroxylation is 1. The van der Waals surface area contributed by atoms with Gasteiger partial charge in [-0.25, -0.2) is 0 Å². The molecule has 0 spiro atoms. The van der Waals surface area contributed by atoms with Gasteiger partial charge in [-0.15, -0.1) is 11.3 Å². The molecule has 1 N–H and O–H groups in total. The fourth-order valence-electron chi connectivity index (χ4n) is 1.98. The summed E-state index contributed by atoms with van der Waals surface area (Å²) < 4.78 is 0. The average Bonchev–Trinajstić information content (AvgIpc) is 2.86. The number of anilines is 2. The van der Waals surface area contributed by atoms with Crippen molar-refractivity contribution in [3.8, 4) is 0 Å². The number of nitrogens with zero attached hydrogens (tertiary/aromatic N) is 1. The van der Waals surface area contributed by atoms with Gasteiger partial charge in [0.15, 0.2) is 0 Å². The first-order valence-corrected chi connectivity index (χ1v) is 8.27. The van der Waals surface area contributed by atoms with Crippen LogP contribution in [0.3, 0.4) is 0 Å². The molecule has 0 atom stereocenters. The summed E-state index contributed by atoms with van der Waals surface area (Å²) in [5, 5.41) is 3.59. The minimum atomic E-state index is -0.469. The third-order valence-corrected chi connectivity index (χ3v) is 4.62. The molecule has 23 heavy (non-hydrogen) atoms. The molecule has 4 nitrogen and oxygen atoms in total. The highest BCUT2D eigenvalue weighted by atomic mass is 32.1. The zero-order valence-corrected chi connectivity index (χ0v) is 15.0. The number of para-hydroxylation sites is 1. The van der Waals surface area contributed by atoms with Crippen LogP contribution >= 0.6 is 11.3 Å². The lowest BCUT2D eigenvalue weighted by Crippen LogP contribution is -2.27. The van der Waals surface area contributed by atoms with Gasteiger partial charge in [0.1, 0.15) is 0 Å². The third kappa shape index (κ3) is 3.99. The van der Waals surface area contributed by atoms with Crippen molar-refractivity contribution in [2.75, 3.05) is 17.3 Å². The normalized spacial score (nSPS) is 11.2. The van der Waals surface area contributed by atoms with Crippen LogP contribution < -0.4 is 10.2 Å². The molecule has 5 heteroatoms. The summed E-state index contributed by atoms with van der Waals surface area (Å²) in [6.07, 6.45) is 0. The summed E-state index contributed by atoms with van der Waals surface area (Å²) in [5.41, 5.74) is 1.24. The summed E-state index contributed by atoms with van der Waals surface area (Å²) in [6, 6.07) is 11.3. The van der Waals surface area contributed by atoms with E-state index >= 15 is 0 Å². The molecule has 0 aliphatic carbocycles. The maximum absolute atomic E-state index is 12.7. The van der Waals surface area contributed by atoms with Crippen molar-refractivity contribution in [1.82, 2.24) is 0 Å². The summed E-state index contributed by atoms with van der Waals surface area (Å²) >= 11 is 1.31. The summed E-state index contributed by atoms with van der Waals surface area (Å²) in [5.74, 6) is -0.135. The lowest BCUT2D eigenvalue weighted by Gasteiger charge is -2.17. The number of thiophene rings is 1. The van der Waals surface area contributed by atoms with E-state index in [4.69, 9.17) is 0 Å². The van der Waals surface area contributed by atoms with E-state index in [2.05, 4.69) is 5.32 Å². The smallest absolute Gasteiger partial charge is 0.268 e. The highest BCUT2D eigenvalue weighted by Gasteiger charge is 2.24. The van der Waals surface area contributed by atoms with Crippen LogP contribution in [0.15, 0.2) is 36.4 Å². The first-order valence-electron chi connectivity index (χ1n) is 7.45. The summed E-state index contributed by atoms with van der Waals surface area (Å²) in [6.45, 7) is 7.46. The molecule has 122 valence electrons. The number of benzene rings is 1. The molecule has 2 aromatic rings. The zero-order chi connectivity index (χ0) is 17.2. The highest BCUT2D eigenvalue weighted by Crippen LogP contribution is 2.30. The van der Waals surface area contributed by atoms with Crippen molar-refractivity contribution in [2.24, 2.45) is 5.41 Å². The molecule has 0 unspecified atom stereocenters. The lowest BCUT2D eigenvalue weighted by atomic mass is 9.96. The fourth-order valence-corrected chi connectivity index (χ4v) is 3.02. The van der Waals surface area contributed by atoms with Crippen molar-refractivity contribution in [3.05, 3.63) is 46.8 Å². The summed E-state index contributed by atoms with van der Waals surface area (Å²) in [4.78, 5) is 27.0. The van der Waals surface area contributed by atoms with Crippen LogP contribution in [0, 0.1) is 12.3 Å². The van der Waals surface area contributed by atoms with Crippen LogP contribution in [0.1, 0.15) is 36.0 Å². The Morgan fingerprint density at radius 1 is 1.13 bits per heavy atom. The molecule has 0 saturated carbocycles.